The van der Waals surface area contributed by atoms with Gasteiger partial charge >= 0.3 is 12.1 Å². The van der Waals surface area contributed by atoms with E-state index in [9.17, 15) is 18.0 Å². The smallest absolute Gasteiger partial charge is 0.431 e. The number of carbonyl (C=O) groups is 1. The van der Waals surface area contributed by atoms with E-state index >= 15 is 0 Å². The van der Waals surface area contributed by atoms with Crippen molar-refractivity contribution < 1.29 is 23.1 Å². The Balaban J connectivity index is 2.72. The molecule has 0 spiro atoms. The average molecular weight is 322 g/mol. The summed E-state index contributed by atoms with van der Waals surface area (Å²) in [4.78, 5) is 12.9. The molecule has 7 heteroatoms. The largest absolute Gasteiger partial charge is 0.481 e. The highest BCUT2D eigenvalue weighted by Crippen LogP contribution is 2.36. The number of nitrogens with one attached hydrogen (secondary N) is 1. The molecule has 0 unspecified atom stereocenters. The van der Waals surface area contributed by atoms with E-state index in [-0.39, 0.29) is 16.5 Å². The Kier molecular flexibility index (Phi) is 3.10. The highest BCUT2D eigenvalue weighted by atomic mass is 79.9. The van der Waals surface area contributed by atoms with Gasteiger partial charge in [-0.2, -0.15) is 13.2 Å². The fraction of sp³-hybridized carbons (Fsp3) is 0.182. The van der Waals surface area contributed by atoms with Crippen molar-refractivity contribution in [2.24, 2.45) is 0 Å². The SMILES string of the molecule is O=C(O)Cc1c(C(F)(F)F)[nH]c2cc(Br)ccc12. The second-order valence-corrected chi connectivity index (χ2v) is 4.65. The second kappa shape index (κ2) is 4.31. The van der Waals surface area contributed by atoms with Crippen LogP contribution >= 0.6 is 15.9 Å². The van der Waals surface area contributed by atoms with Crippen LogP contribution in [0.25, 0.3) is 10.9 Å². The molecule has 1 heterocycles. The molecule has 0 fully saturated rings. The number of hydrogen-bond donors (Lipinski definition) is 2. The van der Waals surface area contributed by atoms with E-state index in [0.29, 0.717) is 4.47 Å². The van der Waals surface area contributed by atoms with Crippen LogP contribution in [-0.2, 0) is 17.4 Å². The normalized spacial score (nSPS) is 12.0. The van der Waals surface area contributed by atoms with Gasteiger partial charge in [-0.15, -0.1) is 0 Å². The number of H-pyrrole nitrogens is 1. The third-order valence-corrected chi connectivity index (χ3v) is 2.97. The first-order chi connectivity index (χ1) is 8.29. The number of alkyl halides is 3. The number of aromatic amines is 1. The van der Waals surface area contributed by atoms with Crippen LogP contribution in [0.2, 0.25) is 0 Å². The number of benzene rings is 1. The van der Waals surface area contributed by atoms with E-state index in [1.807, 2.05) is 0 Å². The van der Waals surface area contributed by atoms with E-state index < -0.39 is 24.3 Å². The first kappa shape index (κ1) is 12.9. The molecule has 0 atom stereocenters. The molecule has 0 amide bonds. The Morgan fingerprint density at radius 2 is 2.06 bits per heavy atom. The Hall–Kier alpha value is -1.50. The molecule has 2 N–H and O–H groups in total. The average Bonchev–Trinajstić information content (AvgIpc) is 2.55. The van der Waals surface area contributed by atoms with Gasteiger partial charge < -0.3 is 10.1 Å². The predicted octanol–water partition coefficient (Wildman–Crippen LogP) is 3.58. The van der Waals surface area contributed by atoms with Crippen LogP contribution in [0.15, 0.2) is 22.7 Å². The Morgan fingerprint density at radius 3 is 2.61 bits per heavy atom. The molecule has 18 heavy (non-hydrogen) atoms. The highest BCUT2D eigenvalue weighted by Gasteiger charge is 2.36. The van der Waals surface area contributed by atoms with Crippen LogP contribution in [-0.4, -0.2) is 16.1 Å². The van der Waals surface area contributed by atoms with Gasteiger partial charge in [0, 0.05) is 20.9 Å². The Morgan fingerprint density at radius 1 is 1.39 bits per heavy atom. The zero-order chi connectivity index (χ0) is 13.5. The second-order valence-electron chi connectivity index (χ2n) is 3.74. The number of halogens is 4. The Labute approximate surface area is 108 Å². The van der Waals surface area contributed by atoms with E-state index in [1.165, 1.54) is 12.1 Å². The fourth-order valence-corrected chi connectivity index (χ4v) is 2.17. The molecule has 0 aliphatic carbocycles. The summed E-state index contributed by atoms with van der Waals surface area (Å²) < 4.78 is 39.0. The summed E-state index contributed by atoms with van der Waals surface area (Å²) in [6.45, 7) is 0. The molecule has 3 nitrogen and oxygen atoms in total. The molecular formula is C11H7BrF3NO2. The van der Waals surface area contributed by atoms with Crippen molar-refractivity contribution in [3.05, 3.63) is 33.9 Å². The minimum absolute atomic E-state index is 0.238. The number of rotatable bonds is 2. The zero-order valence-electron chi connectivity index (χ0n) is 8.81. The van der Waals surface area contributed by atoms with Crippen LogP contribution in [0.5, 0.6) is 0 Å². The van der Waals surface area contributed by atoms with Gasteiger partial charge in [-0.05, 0) is 12.1 Å². The summed E-state index contributed by atoms with van der Waals surface area (Å²) in [6.07, 6.45) is -5.27. The van der Waals surface area contributed by atoms with E-state index in [0.717, 1.165) is 0 Å². The van der Waals surface area contributed by atoms with Crippen molar-refractivity contribution in [3.8, 4) is 0 Å². The first-order valence-corrected chi connectivity index (χ1v) is 5.67. The number of carboxylic acid groups (broad SMARTS) is 1. The summed E-state index contributed by atoms with van der Waals surface area (Å²) in [5, 5.41) is 8.97. The van der Waals surface area contributed by atoms with Gasteiger partial charge in [0.25, 0.3) is 0 Å². The number of aromatic nitrogens is 1. The summed E-state index contributed by atoms with van der Waals surface area (Å²) in [6, 6.07) is 4.51. The van der Waals surface area contributed by atoms with Gasteiger partial charge in [0.2, 0.25) is 0 Å². The maximum Gasteiger partial charge on any atom is 0.431 e. The topological polar surface area (TPSA) is 53.1 Å². The molecule has 0 saturated carbocycles. The summed E-state index contributed by atoms with van der Waals surface area (Å²) in [5.74, 6) is -1.30. The molecule has 0 saturated heterocycles. The highest BCUT2D eigenvalue weighted by molar-refractivity contribution is 9.10. The number of hydrogen-bond acceptors (Lipinski definition) is 1. The molecule has 1 aromatic heterocycles. The van der Waals surface area contributed by atoms with E-state index in [4.69, 9.17) is 5.11 Å². The van der Waals surface area contributed by atoms with E-state index in [1.54, 1.807) is 6.07 Å². The van der Waals surface area contributed by atoms with Crippen molar-refractivity contribution in [2.75, 3.05) is 0 Å². The molecule has 2 rings (SSSR count). The van der Waals surface area contributed by atoms with Crippen LogP contribution in [0.3, 0.4) is 0 Å². The van der Waals surface area contributed by atoms with Crippen molar-refractivity contribution in [1.29, 1.82) is 0 Å². The van der Waals surface area contributed by atoms with Crippen molar-refractivity contribution >= 4 is 32.8 Å². The fourth-order valence-electron chi connectivity index (χ4n) is 1.80. The van der Waals surface area contributed by atoms with Crippen molar-refractivity contribution in [3.63, 3.8) is 0 Å². The van der Waals surface area contributed by atoms with Crippen LogP contribution in [0.4, 0.5) is 13.2 Å². The number of fused-ring (bicyclic) bond motifs is 1. The van der Waals surface area contributed by atoms with Gasteiger partial charge in [0.15, 0.2) is 0 Å². The lowest BCUT2D eigenvalue weighted by Crippen LogP contribution is -2.11. The quantitative estimate of drug-likeness (QED) is 0.888. The molecule has 0 aliphatic rings. The third-order valence-electron chi connectivity index (χ3n) is 2.48. The summed E-state index contributed by atoms with van der Waals surface area (Å²) in [5.41, 5.74) is -0.983. The van der Waals surface area contributed by atoms with Crippen LogP contribution < -0.4 is 0 Å². The van der Waals surface area contributed by atoms with Gasteiger partial charge in [0.1, 0.15) is 5.69 Å². The van der Waals surface area contributed by atoms with Gasteiger partial charge in [-0.25, -0.2) is 0 Å². The molecule has 0 bridgehead atoms. The molecule has 96 valence electrons. The lowest BCUT2D eigenvalue weighted by Gasteiger charge is -2.06. The lowest BCUT2D eigenvalue weighted by molar-refractivity contribution is -0.142. The van der Waals surface area contributed by atoms with Crippen molar-refractivity contribution in [2.45, 2.75) is 12.6 Å². The minimum Gasteiger partial charge on any atom is -0.481 e. The number of aliphatic carboxylic acids is 1. The zero-order valence-corrected chi connectivity index (χ0v) is 10.4. The number of carboxylic acids is 1. The third kappa shape index (κ3) is 2.35. The van der Waals surface area contributed by atoms with E-state index in [2.05, 4.69) is 20.9 Å². The van der Waals surface area contributed by atoms with Gasteiger partial charge in [-0.3, -0.25) is 4.79 Å². The maximum atomic E-state index is 12.8. The molecule has 2 aromatic rings. The molecule has 0 aliphatic heterocycles. The van der Waals surface area contributed by atoms with Crippen molar-refractivity contribution in [1.82, 2.24) is 4.98 Å². The lowest BCUT2D eigenvalue weighted by atomic mass is 10.1. The molecular weight excluding hydrogens is 315 g/mol. The summed E-state index contributed by atoms with van der Waals surface area (Å²) in [7, 11) is 0. The van der Waals surface area contributed by atoms with Gasteiger partial charge in [-0.1, -0.05) is 22.0 Å². The monoisotopic (exact) mass is 321 g/mol. The van der Waals surface area contributed by atoms with Crippen LogP contribution in [0.1, 0.15) is 11.3 Å². The Bertz CT molecular complexity index is 619. The standard InChI is InChI=1S/C11H7BrF3NO2/c12-5-1-2-6-7(4-9(17)18)10(11(13,14)15)16-8(6)3-5/h1-3,16H,4H2,(H,17,18). The molecule has 0 radical (unpaired) electrons. The minimum atomic E-state index is -4.60. The van der Waals surface area contributed by atoms with Gasteiger partial charge in [0.05, 0.1) is 6.42 Å². The molecule has 1 aromatic carbocycles. The first-order valence-electron chi connectivity index (χ1n) is 4.88. The van der Waals surface area contributed by atoms with Crippen LogP contribution in [0, 0.1) is 0 Å². The maximum absolute atomic E-state index is 12.8. The summed E-state index contributed by atoms with van der Waals surface area (Å²) >= 11 is 3.15. The predicted molar refractivity (Wildman–Crippen MR) is 62.3 cm³/mol.